The third-order valence-corrected chi connectivity index (χ3v) is 3.45. The molecule has 1 aliphatic carbocycles. The molecule has 0 amide bonds. The quantitative estimate of drug-likeness (QED) is 0.825. The number of aliphatic hydroxyl groups is 1. The van der Waals surface area contributed by atoms with Crippen LogP contribution in [0, 0.1) is 5.92 Å². The predicted molar refractivity (Wildman–Crippen MR) is 55.3 cm³/mol. The molecular weight excluding hydrogens is 192 g/mol. The van der Waals surface area contributed by atoms with Crippen molar-refractivity contribution in [3.8, 4) is 0 Å². The molecule has 0 aliphatic heterocycles. The van der Waals surface area contributed by atoms with Crippen molar-refractivity contribution >= 4 is 0 Å². The van der Waals surface area contributed by atoms with Gasteiger partial charge in [0.2, 0.25) is 5.89 Å². The lowest BCUT2D eigenvalue weighted by atomic mass is 9.89. The summed E-state index contributed by atoms with van der Waals surface area (Å²) in [6.07, 6.45) is 4.30. The molecule has 0 unspecified atom stereocenters. The van der Waals surface area contributed by atoms with Gasteiger partial charge in [0.05, 0.1) is 12.0 Å². The molecule has 0 bridgehead atoms. The van der Waals surface area contributed by atoms with E-state index >= 15 is 0 Å². The molecule has 1 aliphatic rings. The highest BCUT2D eigenvalue weighted by molar-refractivity contribution is 4.98. The Balaban J connectivity index is 2.07. The van der Waals surface area contributed by atoms with E-state index in [4.69, 9.17) is 4.52 Å². The number of nitrogens with zero attached hydrogens (tertiary/aromatic N) is 2. The van der Waals surface area contributed by atoms with Crippen LogP contribution in [0.15, 0.2) is 4.52 Å². The second-order valence-corrected chi connectivity index (χ2v) is 4.53. The maximum absolute atomic E-state index is 10.4. The van der Waals surface area contributed by atoms with Crippen molar-refractivity contribution in [3.63, 3.8) is 0 Å². The van der Waals surface area contributed by atoms with Crippen LogP contribution >= 0.6 is 0 Å². The van der Waals surface area contributed by atoms with Gasteiger partial charge in [-0.1, -0.05) is 25.4 Å². The summed E-state index contributed by atoms with van der Waals surface area (Å²) in [6, 6.07) is 0. The molecule has 84 valence electrons. The monoisotopic (exact) mass is 210 g/mol. The third-order valence-electron chi connectivity index (χ3n) is 3.45. The van der Waals surface area contributed by atoms with Crippen molar-refractivity contribution in [2.75, 3.05) is 0 Å². The summed E-state index contributed by atoms with van der Waals surface area (Å²) in [5.41, 5.74) is -0.627. The maximum Gasteiger partial charge on any atom is 0.229 e. The summed E-state index contributed by atoms with van der Waals surface area (Å²) in [5, 5.41) is 14.2. The van der Waals surface area contributed by atoms with E-state index in [-0.39, 0.29) is 0 Å². The zero-order chi connectivity index (χ0) is 10.9. The van der Waals surface area contributed by atoms with Crippen LogP contribution in [0.5, 0.6) is 0 Å². The Hall–Kier alpha value is -0.900. The van der Waals surface area contributed by atoms with Gasteiger partial charge in [0.25, 0.3) is 0 Å². The van der Waals surface area contributed by atoms with Crippen molar-refractivity contribution in [1.82, 2.24) is 10.1 Å². The van der Waals surface area contributed by atoms with Crippen LogP contribution < -0.4 is 0 Å². The summed E-state index contributed by atoms with van der Waals surface area (Å²) in [7, 11) is 0. The Morgan fingerprint density at radius 3 is 2.93 bits per heavy atom. The second kappa shape index (κ2) is 3.93. The Labute approximate surface area is 89.7 Å². The zero-order valence-electron chi connectivity index (χ0n) is 9.36. The highest BCUT2D eigenvalue weighted by Gasteiger charge is 2.39. The molecule has 1 saturated carbocycles. The third kappa shape index (κ3) is 2.04. The molecule has 0 aromatic carbocycles. The molecule has 0 saturated heterocycles. The van der Waals surface area contributed by atoms with Gasteiger partial charge in [0.1, 0.15) is 0 Å². The number of aromatic nitrogens is 2. The van der Waals surface area contributed by atoms with Crippen LogP contribution in [0.25, 0.3) is 0 Å². The van der Waals surface area contributed by atoms with Gasteiger partial charge < -0.3 is 9.63 Å². The Kier molecular flexibility index (Phi) is 2.78. The Morgan fingerprint density at radius 1 is 1.60 bits per heavy atom. The van der Waals surface area contributed by atoms with E-state index in [2.05, 4.69) is 17.1 Å². The van der Waals surface area contributed by atoms with Crippen LogP contribution in [0.3, 0.4) is 0 Å². The van der Waals surface area contributed by atoms with Gasteiger partial charge in [-0.05, 0) is 18.8 Å². The minimum absolute atomic E-state index is 0.328. The van der Waals surface area contributed by atoms with Crippen LogP contribution in [0.4, 0.5) is 0 Å². The molecule has 1 N–H and O–H groups in total. The van der Waals surface area contributed by atoms with Gasteiger partial charge in [0.15, 0.2) is 5.82 Å². The average molecular weight is 210 g/mol. The average Bonchev–Trinajstić information content (AvgIpc) is 2.76. The first-order valence-corrected chi connectivity index (χ1v) is 5.68. The van der Waals surface area contributed by atoms with Gasteiger partial charge in [-0.2, -0.15) is 4.98 Å². The van der Waals surface area contributed by atoms with Crippen molar-refractivity contribution in [2.24, 2.45) is 5.92 Å². The number of hydrogen-bond acceptors (Lipinski definition) is 4. The lowest BCUT2D eigenvalue weighted by Gasteiger charge is -2.25. The summed E-state index contributed by atoms with van der Waals surface area (Å²) in [5.74, 6) is 1.62. The Bertz CT molecular complexity index is 337. The lowest BCUT2D eigenvalue weighted by Crippen LogP contribution is -2.34. The summed E-state index contributed by atoms with van der Waals surface area (Å²) in [4.78, 5) is 4.23. The highest BCUT2D eigenvalue weighted by Crippen LogP contribution is 2.37. The fourth-order valence-corrected chi connectivity index (χ4v) is 2.26. The molecule has 1 aromatic heterocycles. The van der Waals surface area contributed by atoms with E-state index in [0.717, 1.165) is 31.5 Å². The maximum atomic E-state index is 10.4. The molecule has 4 heteroatoms. The van der Waals surface area contributed by atoms with Gasteiger partial charge >= 0.3 is 0 Å². The number of hydrogen-bond donors (Lipinski definition) is 1. The second-order valence-electron chi connectivity index (χ2n) is 4.53. The van der Waals surface area contributed by atoms with Gasteiger partial charge in [-0.3, -0.25) is 0 Å². The minimum Gasteiger partial charge on any atom is -0.389 e. The standard InChI is InChI=1S/C11H18N2O2/c1-3-9-12-10(15-13-9)7-11(14)6-4-5-8(11)2/h8,14H,3-7H2,1-2H3/t8-,11+/m0/s1. The molecule has 1 fully saturated rings. The molecule has 2 atom stereocenters. The smallest absolute Gasteiger partial charge is 0.229 e. The van der Waals surface area contributed by atoms with E-state index in [1.165, 1.54) is 0 Å². The summed E-state index contributed by atoms with van der Waals surface area (Å²) >= 11 is 0. The molecule has 1 heterocycles. The van der Waals surface area contributed by atoms with Crippen molar-refractivity contribution < 1.29 is 9.63 Å². The number of rotatable bonds is 3. The van der Waals surface area contributed by atoms with Crippen LogP contribution in [-0.4, -0.2) is 20.8 Å². The predicted octanol–water partition coefficient (Wildman–Crippen LogP) is 1.73. The molecule has 4 nitrogen and oxygen atoms in total. The number of aryl methyl sites for hydroxylation is 1. The van der Waals surface area contributed by atoms with E-state index in [9.17, 15) is 5.11 Å². The van der Waals surface area contributed by atoms with Crippen LogP contribution in [-0.2, 0) is 12.8 Å². The fourth-order valence-electron chi connectivity index (χ4n) is 2.26. The minimum atomic E-state index is -0.627. The molecule has 15 heavy (non-hydrogen) atoms. The first-order chi connectivity index (χ1) is 7.14. The van der Waals surface area contributed by atoms with E-state index in [1.54, 1.807) is 0 Å². The van der Waals surface area contributed by atoms with Crippen molar-refractivity contribution in [2.45, 2.75) is 51.6 Å². The normalized spacial score (nSPS) is 31.0. The molecule has 2 rings (SSSR count). The highest BCUT2D eigenvalue weighted by atomic mass is 16.5. The molecule has 0 spiro atoms. The lowest BCUT2D eigenvalue weighted by molar-refractivity contribution is 0.00291. The Morgan fingerprint density at radius 2 is 2.40 bits per heavy atom. The van der Waals surface area contributed by atoms with Gasteiger partial charge in [-0.15, -0.1) is 0 Å². The van der Waals surface area contributed by atoms with Gasteiger partial charge in [-0.25, -0.2) is 0 Å². The van der Waals surface area contributed by atoms with E-state index < -0.39 is 5.60 Å². The summed E-state index contributed by atoms with van der Waals surface area (Å²) in [6.45, 7) is 4.08. The first kappa shape index (κ1) is 10.6. The topological polar surface area (TPSA) is 59.2 Å². The molecule has 1 aromatic rings. The molecular formula is C11H18N2O2. The fraction of sp³-hybridized carbons (Fsp3) is 0.818. The largest absolute Gasteiger partial charge is 0.389 e. The molecule has 0 radical (unpaired) electrons. The van der Waals surface area contributed by atoms with Crippen molar-refractivity contribution in [1.29, 1.82) is 0 Å². The van der Waals surface area contributed by atoms with Gasteiger partial charge in [0, 0.05) is 6.42 Å². The van der Waals surface area contributed by atoms with E-state index in [1.807, 2.05) is 6.92 Å². The first-order valence-electron chi connectivity index (χ1n) is 5.68. The zero-order valence-corrected chi connectivity index (χ0v) is 9.36. The summed E-state index contributed by atoms with van der Waals surface area (Å²) < 4.78 is 5.11. The van der Waals surface area contributed by atoms with E-state index in [0.29, 0.717) is 18.2 Å². The van der Waals surface area contributed by atoms with Crippen molar-refractivity contribution in [3.05, 3.63) is 11.7 Å². The van der Waals surface area contributed by atoms with Crippen LogP contribution in [0.1, 0.15) is 44.8 Å². The van der Waals surface area contributed by atoms with Crippen LogP contribution in [0.2, 0.25) is 0 Å². The SMILES string of the molecule is CCc1noc(C[C@]2(O)CCC[C@@H]2C)n1.